The average Bonchev–Trinajstić information content (AvgIpc) is 1.68. The molecule has 0 atom stereocenters. The number of rotatable bonds is 2. The van der Waals surface area contributed by atoms with E-state index in [1.165, 1.54) is 0 Å². The molecule has 0 radical (unpaired) electrons. The summed E-state index contributed by atoms with van der Waals surface area (Å²) in [5.41, 5.74) is 0. The molecule has 0 saturated carbocycles. The van der Waals surface area contributed by atoms with Crippen LogP contribution in [-0.2, 0) is 9.59 Å². The lowest BCUT2D eigenvalue weighted by Crippen LogP contribution is -1.93. The molecular formula is C2H2N2O3. The van der Waals surface area contributed by atoms with Crippen LogP contribution >= 0.6 is 0 Å². The van der Waals surface area contributed by atoms with Crippen LogP contribution in [0, 0.1) is 5.21 Å². The highest BCUT2D eigenvalue weighted by molar-refractivity contribution is 5.46. The summed E-state index contributed by atoms with van der Waals surface area (Å²) in [7, 11) is 0. The first-order valence-electron chi connectivity index (χ1n) is 1.37. The van der Waals surface area contributed by atoms with Gasteiger partial charge in [0.05, 0.1) is 5.11 Å². The van der Waals surface area contributed by atoms with Crippen molar-refractivity contribution in [3.63, 3.8) is 0 Å². The molecule has 0 heterocycles. The molecule has 0 aromatic rings. The van der Waals surface area contributed by atoms with E-state index in [0.29, 0.717) is 0 Å². The highest BCUT2D eigenvalue weighted by atomic mass is 16.5. The van der Waals surface area contributed by atoms with E-state index < -0.39 is 0 Å². The first-order chi connectivity index (χ1) is 3.31. The fourth-order valence-electron chi connectivity index (χ4n) is 0.0737. The van der Waals surface area contributed by atoms with Crippen LogP contribution in [0.3, 0.4) is 0 Å². The summed E-state index contributed by atoms with van der Waals surface area (Å²) in [6.07, 6.45) is -0.129. The summed E-state index contributed by atoms with van der Waals surface area (Å²) in [5.74, 6) is 0. The van der Waals surface area contributed by atoms with E-state index in [1.54, 1.807) is 0 Å². The van der Waals surface area contributed by atoms with E-state index in [9.17, 15) is 14.8 Å². The molecule has 5 nitrogen and oxygen atoms in total. The highest BCUT2D eigenvalue weighted by Crippen LogP contribution is 1.59. The molecule has 0 aliphatic carbocycles. The predicted octanol–water partition coefficient (Wildman–Crippen LogP) is -0.738. The maximum atomic E-state index is 9.56. The largest absolute Gasteiger partial charge is 0.592 e. The lowest BCUT2D eigenvalue weighted by molar-refractivity contribution is -0.428. The summed E-state index contributed by atoms with van der Waals surface area (Å²) in [6.45, 7) is 0. The zero-order valence-electron chi connectivity index (χ0n) is 3.27. The van der Waals surface area contributed by atoms with Gasteiger partial charge in [-0.05, 0) is 4.86 Å². The second kappa shape index (κ2) is 2.95. The number of hydroxylamine groups is 1. The normalized spacial score (nSPS) is 10.6. The molecule has 0 aliphatic heterocycles. The van der Waals surface area contributed by atoms with Crippen LogP contribution in [0.5, 0.6) is 0 Å². The van der Waals surface area contributed by atoms with E-state index in [0.717, 1.165) is 0 Å². The number of hydrogen-bond donors (Lipinski definition) is 0. The number of amides is 2. The molecule has 38 valence electrons. The third-order valence-electron chi connectivity index (χ3n) is 0.251. The molecule has 0 saturated heterocycles. The maximum absolute atomic E-state index is 9.56. The molecule has 0 aromatic heterocycles. The van der Waals surface area contributed by atoms with Crippen molar-refractivity contribution in [1.29, 1.82) is 0 Å². The van der Waals surface area contributed by atoms with Crippen LogP contribution in [0.2, 0.25) is 0 Å². The topological polar surface area (TPSA) is 72.6 Å². The number of carbonyl (C=O) groups excluding carboxylic acids is 2. The molecule has 0 aliphatic rings. The number of nitrogens with zero attached hydrogens (tertiary/aromatic N) is 2. The van der Waals surface area contributed by atoms with E-state index in [1.807, 2.05) is 0 Å². The van der Waals surface area contributed by atoms with Gasteiger partial charge in [0.15, 0.2) is 0 Å². The summed E-state index contributed by atoms with van der Waals surface area (Å²) >= 11 is 0. The van der Waals surface area contributed by atoms with E-state index in [-0.39, 0.29) is 17.7 Å². The van der Waals surface area contributed by atoms with Crippen molar-refractivity contribution in [3.05, 3.63) is 5.21 Å². The fourth-order valence-corrected chi connectivity index (χ4v) is 0.0737. The van der Waals surface area contributed by atoms with Crippen LogP contribution in [0.4, 0.5) is 0 Å². The molecule has 0 fully saturated rings. The predicted molar refractivity (Wildman–Crippen MR) is 18.2 cm³/mol. The summed E-state index contributed by atoms with van der Waals surface area (Å²) < 4.78 is 0. The zero-order valence-corrected chi connectivity index (χ0v) is 3.27. The second-order valence-electron chi connectivity index (χ2n) is 0.629. The smallest absolute Gasteiger partial charge is 0.411 e. The van der Waals surface area contributed by atoms with Gasteiger partial charge in [0, 0.05) is 0 Å². The molecule has 0 N–H and O–H groups in total. The maximum Gasteiger partial charge on any atom is 0.411 e. The molecule has 0 unspecified atom stereocenters. The van der Waals surface area contributed by atoms with Gasteiger partial charge in [0.25, 0.3) is 6.41 Å². The Morgan fingerprint density at radius 3 is 2.29 bits per heavy atom. The van der Waals surface area contributed by atoms with Crippen molar-refractivity contribution in [2.75, 3.05) is 0 Å². The van der Waals surface area contributed by atoms with E-state index >= 15 is 0 Å². The Hall–Kier alpha value is -1.26. The van der Waals surface area contributed by atoms with Gasteiger partial charge < -0.3 is 5.21 Å². The zero-order chi connectivity index (χ0) is 5.70. The average molecular weight is 102 g/mol. The second-order valence-corrected chi connectivity index (χ2v) is 0.629. The summed E-state index contributed by atoms with van der Waals surface area (Å²) in [6, 6.07) is 0. The lowest BCUT2D eigenvalue weighted by Gasteiger charge is -1.78. The van der Waals surface area contributed by atoms with Gasteiger partial charge >= 0.3 is 6.41 Å². The first-order valence-corrected chi connectivity index (χ1v) is 1.37. The van der Waals surface area contributed by atoms with Gasteiger partial charge in [-0.25, -0.2) is 4.79 Å². The SMILES string of the molecule is O=CN=[N+]([O-])C=O. The van der Waals surface area contributed by atoms with Crippen molar-refractivity contribution < 1.29 is 14.4 Å². The number of azo groups is 1. The Bertz CT molecular complexity index is 108. The van der Waals surface area contributed by atoms with Gasteiger partial charge in [-0.15, -0.1) is 0 Å². The number of hydrogen-bond acceptors (Lipinski definition) is 3. The lowest BCUT2D eigenvalue weighted by atomic mass is 11.4. The Balaban J connectivity index is 3.72. The van der Waals surface area contributed by atoms with Gasteiger partial charge in [-0.2, -0.15) is 0 Å². The minimum Gasteiger partial charge on any atom is -0.592 e. The van der Waals surface area contributed by atoms with Crippen LogP contribution in [-0.4, -0.2) is 17.7 Å². The Kier molecular flexibility index (Phi) is 2.42. The van der Waals surface area contributed by atoms with Gasteiger partial charge in [-0.3, -0.25) is 4.79 Å². The standard InChI is InChI=1S/C2H2N2O3/c5-1-3-4(7)2-6/h1-2H. The van der Waals surface area contributed by atoms with Crippen LogP contribution in [0.1, 0.15) is 0 Å². The van der Waals surface area contributed by atoms with Crippen molar-refractivity contribution >= 4 is 12.8 Å². The molecule has 5 heteroatoms. The third-order valence-corrected chi connectivity index (χ3v) is 0.251. The number of carbonyl (C=O) groups is 2. The molecule has 0 rings (SSSR count). The van der Waals surface area contributed by atoms with Gasteiger partial charge in [0.2, 0.25) is 0 Å². The van der Waals surface area contributed by atoms with Crippen molar-refractivity contribution in [2.45, 2.75) is 0 Å². The molecular weight excluding hydrogens is 100 g/mol. The summed E-state index contributed by atoms with van der Waals surface area (Å²) in [4.78, 5) is 18.1. The highest BCUT2D eigenvalue weighted by Gasteiger charge is 1.80. The van der Waals surface area contributed by atoms with Crippen LogP contribution in [0.15, 0.2) is 5.11 Å². The fraction of sp³-hybridized carbons (Fsp3) is 0. The monoisotopic (exact) mass is 102 g/mol. The van der Waals surface area contributed by atoms with Gasteiger partial charge in [-0.1, -0.05) is 0 Å². The minimum absolute atomic E-state index is 0.0125. The minimum atomic E-state index is -0.368. The molecule has 0 spiro atoms. The molecule has 2 amide bonds. The van der Waals surface area contributed by atoms with Crippen LogP contribution in [0.25, 0.3) is 0 Å². The molecule has 0 aromatic carbocycles. The Morgan fingerprint density at radius 2 is 2.14 bits per heavy atom. The molecule has 0 bridgehead atoms. The van der Waals surface area contributed by atoms with Crippen LogP contribution < -0.4 is 0 Å². The van der Waals surface area contributed by atoms with E-state index in [4.69, 9.17) is 0 Å². The summed E-state index contributed by atoms with van der Waals surface area (Å²) in [5, 5.41) is 12.0. The van der Waals surface area contributed by atoms with Gasteiger partial charge in [0.1, 0.15) is 0 Å². The molecule has 7 heavy (non-hydrogen) atoms. The van der Waals surface area contributed by atoms with E-state index in [2.05, 4.69) is 5.11 Å². The third kappa shape index (κ3) is 2.54. The Morgan fingerprint density at radius 1 is 1.57 bits per heavy atom. The van der Waals surface area contributed by atoms with Crippen molar-refractivity contribution in [3.8, 4) is 0 Å². The van der Waals surface area contributed by atoms with Crippen molar-refractivity contribution in [2.24, 2.45) is 5.11 Å². The van der Waals surface area contributed by atoms with Crippen molar-refractivity contribution in [1.82, 2.24) is 0 Å². The first kappa shape index (κ1) is 5.74. The quantitative estimate of drug-likeness (QED) is 0.199. The Labute approximate surface area is 38.8 Å².